The van der Waals surface area contributed by atoms with Crippen LogP contribution in [0.5, 0.6) is 0 Å². The molecule has 2 aromatic heterocycles. The molecule has 10 nitrogen and oxygen atoms in total. The van der Waals surface area contributed by atoms with Crippen molar-refractivity contribution in [2.45, 2.75) is 6.04 Å². The second kappa shape index (κ2) is 7.82. The molecule has 0 radical (unpaired) electrons. The Hall–Kier alpha value is -3.56. The quantitative estimate of drug-likeness (QED) is 0.594. The maximum atomic E-state index is 12.6. The van der Waals surface area contributed by atoms with Crippen molar-refractivity contribution in [1.29, 1.82) is 0 Å². The summed E-state index contributed by atoms with van der Waals surface area (Å²) in [6.07, 6.45) is 2.92. The van der Waals surface area contributed by atoms with Crippen molar-refractivity contribution < 1.29 is 28.0 Å². The number of guanidine groups is 1. The van der Waals surface area contributed by atoms with Crippen molar-refractivity contribution in [2.75, 3.05) is 33.3 Å². The lowest BCUT2D eigenvalue weighted by Crippen LogP contribution is -2.58. The first kappa shape index (κ1) is 18.8. The maximum absolute atomic E-state index is 12.6. The van der Waals surface area contributed by atoms with Gasteiger partial charge < -0.3 is 23.4 Å². The van der Waals surface area contributed by atoms with E-state index in [1.165, 1.54) is 19.6 Å². The summed E-state index contributed by atoms with van der Waals surface area (Å²) < 4.78 is 15.3. The molecule has 4 heterocycles. The topological polar surface area (TPSA) is 118 Å². The standard InChI is InChI=1S/C19H20N4O6/c1-27-18(26)14-15(12-4-2-10-28-12)20-19(21-16(14)24)23-8-6-22(7-9-23)17(25)13-5-3-11-29-13/h2-5,10-11,14-15H,6-9H2,1H3,(H,20,21,24)/t14-,15-/m1/s1. The van der Waals surface area contributed by atoms with Gasteiger partial charge in [0.25, 0.3) is 5.91 Å². The number of hydrogen-bond acceptors (Lipinski definition) is 8. The fourth-order valence-corrected chi connectivity index (χ4v) is 3.46. The van der Waals surface area contributed by atoms with Crippen LogP contribution in [-0.2, 0) is 14.3 Å². The van der Waals surface area contributed by atoms with Crippen molar-refractivity contribution in [1.82, 2.24) is 15.1 Å². The van der Waals surface area contributed by atoms with Gasteiger partial charge in [0.05, 0.1) is 19.6 Å². The van der Waals surface area contributed by atoms with E-state index in [-0.39, 0.29) is 5.91 Å². The molecule has 2 aromatic rings. The van der Waals surface area contributed by atoms with E-state index in [2.05, 4.69) is 10.3 Å². The Kier molecular flexibility index (Phi) is 5.07. The molecule has 0 spiro atoms. The van der Waals surface area contributed by atoms with Crippen LogP contribution in [-0.4, -0.2) is 66.8 Å². The molecule has 0 aromatic carbocycles. The average Bonchev–Trinajstić information content (AvgIpc) is 3.46. The number of aliphatic imine (C=N–C) groups is 1. The number of rotatable bonds is 3. The van der Waals surface area contributed by atoms with E-state index in [9.17, 15) is 14.4 Å². The van der Waals surface area contributed by atoms with E-state index in [1.54, 1.807) is 29.2 Å². The smallest absolute Gasteiger partial charge is 0.320 e. The van der Waals surface area contributed by atoms with Crippen LogP contribution < -0.4 is 5.32 Å². The van der Waals surface area contributed by atoms with E-state index in [0.717, 1.165) is 0 Å². The second-order valence-electron chi connectivity index (χ2n) is 6.66. The first-order chi connectivity index (χ1) is 14.1. The van der Waals surface area contributed by atoms with Crippen LogP contribution in [0.25, 0.3) is 0 Å². The van der Waals surface area contributed by atoms with E-state index < -0.39 is 23.8 Å². The number of esters is 1. The summed E-state index contributed by atoms with van der Waals surface area (Å²) in [5.41, 5.74) is 0. The van der Waals surface area contributed by atoms with Crippen LogP contribution in [0.2, 0.25) is 0 Å². The summed E-state index contributed by atoms with van der Waals surface area (Å²) in [4.78, 5) is 45.3. The highest BCUT2D eigenvalue weighted by molar-refractivity contribution is 6.08. The predicted molar refractivity (Wildman–Crippen MR) is 98.7 cm³/mol. The molecule has 1 N–H and O–H groups in total. The fourth-order valence-electron chi connectivity index (χ4n) is 3.46. The minimum atomic E-state index is -1.13. The number of amides is 2. The normalized spacial score (nSPS) is 22.1. The maximum Gasteiger partial charge on any atom is 0.320 e. The highest BCUT2D eigenvalue weighted by Crippen LogP contribution is 2.31. The van der Waals surface area contributed by atoms with Crippen LogP contribution in [0.4, 0.5) is 0 Å². The van der Waals surface area contributed by atoms with E-state index in [4.69, 9.17) is 13.6 Å². The third-order valence-corrected chi connectivity index (χ3v) is 4.98. The molecule has 0 aliphatic carbocycles. The minimum Gasteiger partial charge on any atom is -0.468 e. The lowest BCUT2D eigenvalue weighted by Gasteiger charge is -2.38. The van der Waals surface area contributed by atoms with Gasteiger partial charge in [0.15, 0.2) is 11.7 Å². The number of carbonyl (C=O) groups is 3. The van der Waals surface area contributed by atoms with Gasteiger partial charge in [-0.25, -0.2) is 4.99 Å². The molecule has 4 rings (SSSR count). The summed E-state index contributed by atoms with van der Waals surface area (Å²) >= 11 is 0. The summed E-state index contributed by atoms with van der Waals surface area (Å²) in [5, 5.41) is 2.69. The van der Waals surface area contributed by atoms with E-state index >= 15 is 0 Å². The van der Waals surface area contributed by atoms with Crippen molar-refractivity contribution in [3.05, 3.63) is 48.3 Å². The van der Waals surface area contributed by atoms with Crippen molar-refractivity contribution in [3.8, 4) is 0 Å². The first-order valence-corrected chi connectivity index (χ1v) is 9.16. The number of carbonyl (C=O) groups excluding carboxylic acids is 3. The molecule has 10 heteroatoms. The molecule has 0 saturated carbocycles. The Bertz CT molecular complexity index is 913. The molecule has 2 atom stereocenters. The van der Waals surface area contributed by atoms with Gasteiger partial charge in [0.1, 0.15) is 11.8 Å². The largest absolute Gasteiger partial charge is 0.468 e. The Morgan fingerprint density at radius 1 is 1.14 bits per heavy atom. The zero-order valence-electron chi connectivity index (χ0n) is 15.7. The highest BCUT2D eigenvalue weighted by atomic mass is 16.5. The van der Waals surface area contributed by atoms with Crippen molar-refractivity contribution in [2.24, 2.45) is 10.9 Å². The van der Waals surface area contributed by atoms with Gasteiger partial charge in [0.2, 0.25) is 11.9 Å². The Labute approximate surface area is 166 Å². The number of nitrogens with zero attached hydrogens (tertiary/aromatic N) is 3. The number of nitrogens with one attached hydrogen (secondary N) is 1. The third-order valence-electron chi connectivity index (χ3n) is 4.98. The molecule has 0 unspecified atom stereocenters. The lowest BCUT2D eigenvalue weighted by molar-refractivity contribution is -0.151. The average molecular weight is 400 g/mol. The molecular formula is C19H20N4O6. The molecule has 1 saturated heterocycles. The van der Waals surface area contributed by atoms with Gasteiger partial charge in [-0.1, -0.05) is 0 Å². The van der Waals surface area contributed by atoms with Gasteiger partial charge >= 0.3 is 5.97 Å². The predicted octanol–water partition coefficient (Wildman–Crippen LogP) is 0.647. The lowest BCUT2D eigenvalue weighted by atomic mass is 9.95. The number of hydrogen-bond donors (Lipinski definition) is 1. The number of piperazine rings is 1. The first-order valence-electron chi connectivity index (χ1n) is 9.16. The minimum absolute atomic E-state index is 0.177. The fraction of sp³-hybridized carbons (Fsp3) is 0.368. The van der Waals surface area contributed by atoms with E-state index in [1.807, 2.05) is 4.90 Å². The second-order valence-corrected chi connectivity index (χ2v) is 6.66. The van der Waals surface area contributed by atoms with Crippen molar-refractivity contribution in [3.63, 3.8) is 0 Å². The molecule has 2 aliphatic heterocycles. The van der Waals surface area contributed by atoms with E-state index in [0.29, 0.717) is 43.7 Å². The van der Waals surface area contributed by atoms with Gasteiger partial charge in [-0.2, -0.15) is 0 Å². The molecule has 1 fully saturated rings. The third kappa shape index (κ3) is 3.60. The summed E-state index contributed by atoms with van der Waals surface area (Å²) in [6, 6.07) is 5.82. The Morgan fingerprint density at radius 3 is 2.48 bits per heavy atom. The molecule has 2 amide bonds. The number of methoxy groups -OCH3 is 1. The summed E-state index contributed by atoms with van der Waals surface area (Å²) in [7, 11) is 1.23. The van der Waals surface area contributed by atoms with Crippen LogP contribution >= 0.6 is 0 Å². The molecular weight excluding hydrogens is 380 g/mol. The van der Waals surface area contributed by atoms with Crippen molar-refractivity contribution >= 4 is 23.7 Å². The monoisotopic (exact) mass is 400 g/mol. The Morgan fingerprint density at radius 2 is 1.86 bits per heavy atom. The van der Waals surface area contributed by atoms with Crippen LogP contribution in [0.1, 0.15) is 22.4 Å². The van der Waals surface area contributed by atoms with Gasteiger partial charge in [-0.05, 0) is 24.3 Å². The number of ether oxygens (including phenoxy) is 1. The summed E-state index contributed by atoms with van der Waals surface area (Å²) in [6.45, 7) is 1.83. The zero-order valence-corrected chi connectivity index (χ0v) is 15.7. The molecule has 0 bridgehead atoms. The summed E-state index contributed by atoms with van der Waals surface area (Å²) in [5.74, 6) is -1.44. The molecule has 152 valence electrons. The zero-order chi connectivity index (χ0) is 20.4. The van der Waals surface area contributed by atoms with Gasteiger partial charge in [-0.3, -0.25) is 19.7 Å². The molecule has 29 heavy (non-hydrogen) atoms. The van der Waals surface area contributed by atoms with Crippen LogP contribution in [0, 0.1) is 5.92 Å². The Balaban J connectivity index is 1.50. The van der Waals surface area contributed by atoms with Gasteiger partial charge in [-0.15, -0.1) is 0 Å². The number of furan rings is 2. The highest BCUT2D eigenvalue weighted by Gasteiger charge is 2.43. The molecule has 2 aliphatic rings. The van der Waals surface area contributed by atoms with Crippen LogP contribution in [0.3, 0.4) is 0 Å². The SMILES string of the molecule is COC(=O)[C@H]1C(=O)NC(N2CCN(C(=O)c3ccco3)CC2)=N[C@@H]1c1ccco1. The van der Waals surface area contributed by atoms with Crippen LogP contribution in [0.15, 0.2) is 50.6 Å². The van der Waals surface area contributed by atoms with Gasteiger partial charge in [0, 0.05) is 26.2 Å².